The molecule has 1 fully saturated rings. The maximum absolute atomic E-state index is 6.34. The molecule has 2 heterocycles. The van der Waals surface area contributed by atoms with Gasteiger partial charge in [0.2, 0.25) is 0 Å². The molecule has 0 unspecified atom stereocenters. The second kappa shape index (κ2) is 6.46. The lowest BCUT2D eigenvalue weighted by atomic mass is 9.93. The molecule has 1 saturated carbocycles. The number of hydrogen-bond acceptors (Lipinski definition) is 4. The fourth-order valence-electron chi connectivity index (χ4n) is 3.18. The third kappa shape index (κ3) is 3.33. The Hall–Kier alpha value is -1.65. The Morgan fingerprint density at radius 1 is 1.13 bits per heavy atom. The van der Waals surface area contributed by atoms with E-state index in [9.17, 15) is 0 Å². The summed E-state index contributed by atoms with van der Waals surface area (Å²) in [5.41, 5.74) is 3.45. The molecule has 0 saturated heterocycles. The summed E-state index contributed by atoms with van der Waals surface area (Å²) in [7, 11) is 0. The molecule has 0 radical (unpaired) electrons. The minimum absolute atomic E-state index is 0.511. The van der Waals surface area contributed by atoms with Gasteiger partial charge in [0.15, 0.2) is 11.0 Å². The van der Waals surface area contributed by atoms with Gasteiger partial charge in [0.25, 0.3) is 0 Å². The molecule has 0 bridgehead atoms. The number of nitrogens with zero attached hydrogens (tertiary/aromatic N) is 3. The van der Waals surface area contributed by atoms with Crippen molar-refractivity contribution in [2.45, 2.75) is 44.8 Å². The van der Waals surface area contributed by atoms with Crippen LogP contribution >= 0.6 is 11.6 Å². The number of anilines is 1. The molecule has 120 valence electrons. The smallest absolute Gasteiger partial charge is 0.171 e. The third-order valence-electron chi connectivity index (χ3n) is 4.74. The lowest BCUT2D eigenvalue weighted by Gasteiger charge is -2.30. The molecule has 0 atom stereocenters. The zero-order valence-electron chi connectivity index (χ0n) is 13.1. The van der Waals surface area contributed by atoms with Crippen molar-refractivity contribution in [3.05, 3.63) is 52.4 Å². The SMILES string of the molecule is Clc1nc2c(nc1NC1CCC1)CCN(Cc1ccccc1)C2. The third-order valence-corrected chi connectivity index (χ3v) is 5.01. The lowest BCUT2D eigenvalue weighted by Crippen LogP contribution is -2.32. The van der Waals surface area contributed by atoms with Crippen LogP contribution < -0.4 is 5.32 Å². The number of fused-ring (bicyclic) bond motifs is 1. The van der Waals surface area contributed by atoms with Crippen molar-refractivity contribution in [1.82, 2.24) is 14.9 Å². The van der Waals surface area contributed by atoms with Gasteiger partial charge in [0.1, 0.15) is 0 Å². The normalized spacial score (nSPS) is 18.3. The number of hydrogen-bond donors (Lipinski definition) is 1. The van der Waals surface area contributed by atoms with Crippen LogP contribution in [0.15, 0.2) is 30.3 Å². The molecule has 1 N–H and O–H groups in total. The van der Waals surface area contributed by atoms with Crippen LogP contribution in [-0.2, 0) is 19.5 Å². The Kier molecular flexibility index (Phi) is 4.19. The van der Waals surface area contributed by atoms with Crippen LogP contribution in [0, 0.1) is 0 Å². The molecule has 1 aliphatic carbocycles. The first-order chi connectivity index (χ1) is 11.3. The highest BCUT2D eigenvalue weighted by Crippen LogP contribution is 2.28. The predicted molar refractivity (Wildman–Crippen MR) is 92.6 cm³/mol. The Morgan fingerprint density at radius 3 is 2.70 bits per heavy atom. The van der Waals surface area contributed by atoms with E-state index in [1.54, 1.807) is 0 Å². The van der Waals surface area contributed by atoms with E-state index in [0.717, 1.165) is 43.3 Å². The molecule has 1 aromatic carbocycles. The molecule has 5 heteroatoms. The van der Waals surface area contributed by atoms with Gasteiger partial charge >= 0.3 is 0 Å². The summed E-state index contributed by atoms with van der Waals surface area (Å²) < 4.78 is 0. The molecule has 2 aliphatic rings. The van der Waals surface area contributed by atoms with Gasteiger partial charge in [-0.25, -0.2) is 9.97 Å². The number of aromatic nitrogens is 2. The summed E-state index contributed by atoms with van der Waals surface area (Å²) in [5, 5.41) is 3.94. The van der Waals surface area contributed by atoms with Gasteiger partial charge in [0, 0.05) is 32.1 Å². The quantitative estimate of drug-likeness (QED) is 0.930. The Balaban J connectivity index is 1.47. The summed E-state index contributed by atoms with van der Waals surface area (Å²) in [6, 6.07) is 11.1. The maximum atomic E-state index is 6.34. The molecule has 1 aromatic heterocycles. The molecular formula is C18H21ClN4. The highest BCUT2D eigenvalue weighted by molar-refractivity contribution is 6.31. The fourth-order valence-corrected chi connectivity index (χ4v) is 3.38. The second-order valence-electron chi connectivity index (χ2n) is 6.47. The van der Waals surface area contributed by atoms with Crippen LogP contribution in [0.4, 0.5) is 5.82 Å². The summed E-state index contributed by atoms with van der Waals surface area (Å²) in [6.45, 7) is 2.78. The second-order valence-corrected chi connectivity index (χ2v) is 6.83. The van der Waals surface area contributed by atoms with Gasteiger partial charge in [-0.05, 0) is 24.8 Å². The topological polar surface area (TPSA) is 41.1 Å². The Bertz CT molecular complexity index is 685. The molecule has 0 spiro atoms. The van der Waals surface area contributed by atoms with Crippen LogP contribution in [0.5, 0.6) is 0 Å². The molecule has 2 aromatic rings. The number of halogens is 1. The van der Waals surface area contributed by atoms with Gasteiger partial charge < -0.3 is 5.32 Å². The highest BCUT2D eigenvalue weighted by atomic mass is 35.5. The Morgan fingerprint density at radius 2 is 1.96 bits per heavy atom. The van der Waals surface area contributed by atoms with Crippen molar-refractivity contribution < 1.29 is 0 Å². The summed E-state index contributed by atoms with van der Waals surface area (Å²) in [4.78, 5) is 11.8. The zero-order valence-corrected chi connectivity index (χ0v) is 13.9. The summed E-state index contributed by atoms with van der Waals surface area (Å²) >= 11 is 6.34. The molecule has 0 amide bonds. The van der Waals surface area contributed by atoms with Crippen molar-refractivity contribution in [3.8, 4) is 0 Å². The fraction of sp³-hybridized carbons (Fsp3) is 0.444. The monoisotopic (exact) mass is 328 g/mol. The molecular weight excluding hydrogens is 308 g/mol. The van der Waals surface area contributed by atoms with Crippen LogP contribution in [0.1, 0.15) is 36.2 Å². The van der Waals surface area contributed by atoms with E-state index >= 15 is 0 Å². The van der Waals surface area contributed by atoms with Crippen molar-refractivity contribution >= 4 is 17.4 Å². The van der Waals surface area contributed by atoms with E-state index in [0.29, 0.717) is 11.2 Å². The summed E-state index contributed by atoms with van der Waals surface area (Å²) in [5.74, 6) is 0.770. The molecule has 23 heavy (non-hydrogen) atoms. The molecule has 1 aliphatic heterocycles. The average Bonchev–Trinajstić information content (AvgIpc) is 2.52. The van der Waals surface area contributed by atoms with E-state index in [2.05, 4.69) is 45.5 Å². The van der Waals surface area contributed by atoms with Crippen LogP contribution in [0.25, 0.3) is 0 Å². The highest BCUT2D eigenvalue weighted by Gasteiger charge is 2.23. The van der Waals surface area contributed by atoms with Gasteiger partial charge in [-0.3, -0.25) is 4.90 Å². The lowest BCUT2D eigenvalue weighted by molar-refractivity contribution is 0.239. The van der Waals surface area contributed by atoms with Crippen molar-refractivity contribution in [1.29, 1.82) is 0 Å². The van der Waals surface area contributed by atoms with Crippen molar-refractivity contribution in [3.63, 3.8) is 0 Å². The minimum Gasteiger partial charge on any atom is -0.365 e. The largest absolute Gasteiger partial charge is 0.365 e. The van der Waals surface area contributed by atoms with Crippen molar-refractivity contribution in [2.24, 2.45) is 0 Å². The first kappa shape index (κ1) is 14.9. The van der Waals surface area contributed by atoms with Gasteiger partial charge in [0.05, 0.1) is 11.4 Å². The number of nitrogens with one attached hydrogen (secondary N) is 1. The molecule has 4 nitrogen and oxygen atoms in total. The van der Waals surface area contributed by atoms with E-state index in [1.165, 1.54) is 24.8 Å². The number of rotatable bonds is 4. The van der Waals surface area contributed by atoms with E-state index in [1.807, 2.05) is 0 Å². The first-order valence-electron chi connectivity index (χ1n) is 8.36. The van der Waals surface area contributed by atoms with Gasteiger partial charge in [-0.1, -0.05) is 41.9 Å². The number of benzene rings is 1. The maximum Gasteiger partial charge on any atom is 0.171 e. The predicted octanol–water partition coefficient (Wildman–Crippen LogP) is 3.65. The average molecular weight is 329 g/mol. The van der Waals surface area contributed by atoms with Crippen LogP contribution in [0.3, 0.4) is 0 Å². The Labute approximate surface area is 141 Å². The summed E-state index contributed by atoms with van der Waals surface area (Å²) in [6.07, 6.45) is 4.65. The van der Waals surface area contributed by atoms with Crippen molar-refractivity contribution in [2.75, 3.05) is 11.9 Å². The first-order valence-corrected chi connectivity index (χ1v) is 8.74. The molecule has 4 rings (SSSR count). The van der Waals surface area contributed by atoms with Gasteiger partial charge in [-0.15, -0.1) is 0 Å². The van der Waals surface area contributed by atoms with Gasteiger partial charge in [-0.2, -0.15) is 0 Å². The standard InChI is InChI=1S/C18H21ClN4/c19-17-18(20-14-7-4-8-14)22-15-9-10-23(12-16(15)21-17)11-13-5-2-1-3-6-13/h1-3,5-6,14H,4,7-12H2,(H,20,22). The van der Waals surface area contributed by atoms with E-state index in [4.69, 9.17) is 16.6 Å². The van der Waals surface area contributed by atoms with E-state index < -0.39 is 0 Å². The van der Waals surface area contributed by atoms with Crippen LogP contribution in [0.2, 0.25) is 5.15 Å². The van der Waals surface area contributed by atoms with E-state index in [-0.39, 0.29) is 0 Å². The zero-order chi connectivity index (χ0) is 15.6. The van der Waals surface area contributed by atoms with Crippen LogP contribution in [-0.4, -0.2) is 27.5 Å². The minimum atomic E-state index is 0.511.